The zero-order valence-electron chi connectivity index (χ0n) is 14.9. The van der Waals surface area contributed by atoms with Crippen LogP contribution in [0.3, 0.4) is 0 Å². The molecule has 0 bridgehead atoms. The van der Waals surface area contributed by atoms with Crippen LogP contribution in [0.25, 0.3) is 49.4 Å². The largest absolute Gasteiger partial charge is 0.313 e. The van der Waals surface area contributed by atoms with Gasteiger partial charge in [-0.1, -0.05) is 60.7 Å². The van der Waals surface area contributed by atoms with Crippen LogP contribution < -0.4 is 0 Å². The third-order valence-electron chi connectivity index (χ3n) is 5.43. The lowest BCUT2D eigenvalue weighted by Gasteiger charge is -2.11. The van der Waals surface area contributed by atoms with Crippen molar-refractivity contribution < 1.29 is 0 Å². The molecule has 0 atom stereocenters. The van der Waals surface area contributed by atoms with Gasteiger partial charge in [0.05, 0.1) is 16.7 Å². The normalized spacial score (nSPS) is 11.8. The average molecular weight is 423 g/mol. The quantitative estimate of drug-likeness (QED) is 0.273. The van der Waals surface area contributed by atoms with Gasteiger partial charge in [-0.25, -0.2) is 4.98 Å². The Balaban J connectivity index is 1.88. The van der Waals surface area contributed by atoms with Gasteiger partial charge in [-0.05, 0) is 51.0 Å². The number of nitrogens with zero attached hydrogens (tertiary/aromatic N) is 2. The standard InChI is InChI=1S/C25H15BrN2/c26-17-12-13-18-14-22-20-9-3-4-11-23(20)27-24(25(22)28(18)15-17)21-10-5-7-16-6-1-2-8-19(16)21/h1-15H. The molecule has 3 heterocycles. The summed E-state index contributed by atoms with van der Waals surface area (Å²) < 4.78 is 3.30. The second kappa shape index (κ2) is 5.91. The van der Waals surface area contributed by atoms with E-state index in [2.05, 4.69) is 111 Å². The number of hydrogen-bond acceptors (Lipinski definition) is 1. The molecular formula is C25H15BrN2. The number of pyridine rings is 2. The zero-order valence-corrected chi connectivity index (χ0v) is 16.5. The van der Waals surface area contributed by atoms with Gasteiger partial charge in [-0.15, -0.1) is 0 Å². The maximum Gasteiger partial charge on any atom is 0.0962 e. The number of fused-ring (bicyclic) bond motifs is 6. The van der Waals surface area contributed by atoms with Gasteiger partial charge in [0.2, 0.25) is 0 Å². The molecule has 6 rings (SSSR count). The van der Waals surface area contributed by atoms with Crippen molar-refractivity contribution >= 4 is 54.0 Å². The average Bonchev–Trinajstić information content (AvgIpc) is 3.12. The van der Waals surface area contributed by atoms with Gasteiger partial charge in [0.25, 0.3) is 0 Å². The van der Waals surface area contributed by atoms with Crippen molar-refractivity contribution in [2.24, 2.45) is 0 Å². The summed E-state index contributed by atoms with van der Waals surface area (Å²) in [5.74, 6) is 0. The van der Waals surface area contributed by atoms with Crippen molar-refractivity contribution in [2.45, 2.75) is 0 Å². The van der Waals surface area contributed by atoms with Gasteiger partial charge < -0.3 is 4.40 Å². The molecule has 0 aliphatic rings. The predicted molar refractivity (Wildman–Crippen MR) is 121 cm³/mol. The third-order valence-corrected chi connectivity index (χ3v) is 5.90. The molecule has 0 saturated carbocycles. The van der Waals surface area contributed by atoms with E-state index < -0.39 is 0 Å². The molecule has 0 saturated heterocycles. The molecule has 0 fully saturated rings. The molecule has 3 aromatic heterocycles. The molecule has 0 radical (unpaired) electrons. The van der Waals surface area contributed by atoms with Gasteiger partial charge in [0.15, 0.2) is 0 Å². The van der Waals surface area contributed by atoms with Gasteiger partial charge in [0.1, 0.15) is 0 Å². The van der Waals surface area contributed by atoms with Crippen LogP contribution in [0.5, 0.6) is 0 Å². The summed E-state index contributed by atoms with van der Waals surface area (Å²) in [7, 11) is 0. The number of benzene rings is 3. The molecule has 0 amide bonds. The van der Waals surface area contributed by atoms with Crippen LogP contribution in [0.15, 0.2) is 95.6 Å². The number of rotatable bonds is 1. The second-order valence-electron chi connectivity index (χ2n) is 7.05. The van der Waals surface area contributed by atoms with E-state index in [1.54, 1.807) is 0 Å². The van der Waals surface area contributed by atoms with Crippen LogP contribution in [-0.4, -0.2) is 9.38 Å². The molecule has 0 N–H and O–H groups in total. The molecular weight excluding hydrogens is 408 g/mol. The lowest BCUT2D eigenvalue weighted by atomic mass is 9.99. The third kappa shape index (κ3) is 2.23. The summed E-state index contributed by atoms with van der Waals surface area (Å²) in [5.41, 5.74) is 5.51. The van der Waals surface area contributed by atoms with Gasteiger partial charge in [-0.3, -0.25) is 0 Å². The minimum absolute atomic E-state index is 1.02. The monoisotopic (exact) mass is 422 g/mol. The summed E-state index contributed by atoms with van der Waals surface area (Å²) in [6, 6.07) is 29.9. The second-order valence-corrected chi connectivity index (χ2v) is 7.97. The van der Waals surface area contributed by atoms with E-state index in [0.717, 1.165) is 32.3 Å². The highest BCUT2D eigenvalue weighted by molar-refractivity contribution is 9.10. The molecule has 0 aliphatic carbocycles. The Labute approximate surface area is 170 Å². The fourth-order valence-electron chi connectivity index (χ4n) is 4.18. The molecule has 3 aromatic carbocycles. The zero-order chi connectivity index (χ0) is 18.7. The minimum Gasteiger partial charge on any atom is -0.313 e. The number of aromatic nitrogens is 2. The summed E-state index contributed by atoms with van der Waals surface area (Å²) in [6.07, 6.45) is 2.13. The van der Waals surface area contributed by atoms with Gasteiger partial charge in [0, 0.05) is 32.5 Å². The van der Waals surface area contributed by atoms with Crippen LogP contribution in [0.2, 0.25) is 0 Å². The van der Waals surface area contributed by atoms with Crippen LogP contribution in [0.4, 0.5) is 0 Å². The highest BCUT2D eigenvalue weighted by Gasteiger charge is 2.16. The number of para-hydroxylation sites is 1. The molecule has 2 nitrogen and oxygen atoms in total. The van der Waals surface area contributed by atoms with E-state index in [1.807, 2.05) is 0 Å². The summed E-state index contributed by atoms with van der Waals surface area (Å²) in [5, 5.41) is 4.86. The van der Waals surface area contributed by atoms with Crippen molar-refractivity contribution in [2.75, 3.05) is 0 Å². The Morgan fingerprint density at radius 3 is 2.43 bits per heavy atom. The van der Waals surface area contributed by atoms with Crippen LogP contribution in [-0.2, 0) is 0 Å². The van der Waals surface area contributed by atoms with Crippen LogP contribution in [0, 0.1) is 0 Å². The summed E-state index contributed by atoms with van der Waals surface area (Å²) >= 11 is 3.63. The molecule has 6 aromatic rings. The highest BCUT2D eigenvalue weighted by atomic mass is 79.9. The summed E-state index contributed by atoms with van der Waals surface area (Å²) in [6.45, 7) is 0. The highest BCUT2D eigenvalue weighted by Crippen LogP contribution is 2.37. The van der Waals surface area contributed by atoms with Gasteiger partial charge >= 0.3 is 0 Å². The topological polar surface area (TPSA) is 17.3 Å². The van der Waals surface area contributed by atoms with E-state index in [1.165, 1.54) is 21.5 Å². The van der Waals surface area contributed by atoms with E-state index in [4.69, 9.17) is 4.98 Å². The maximum absolute atomic E-state index is 5.14. The van der Waals surface area contributed by atoms with Crippen molar-refractivity contribution in [3.8, 4) is 11.3 Å². The van der Waals surface area contributed by atoms with E-state index in [0.29, 0.717) is 0 Å². The molecule has 28 heavy (non-hydrogen) atoms. The fraction of sp³-hybridized carbons (Fsp3) is 0. The number of halogens is 1. The smallest absolute Gasteiger partial charge is 0.0962 e. The van der Waals surface area contributed by atoms with Crippen molar-refractivity contribution in [1.82, 2.24) is 9.38 Å². The SMILES string of the molecule is Brc1ccc2cc3c4ccccc4nc(-c4cccc5ccccc45)c3n2c1. The van der Waals surface area contributed by atoms with Gasteiger partial charge in [-0.2, -0.15) is 0 Å². The molecule has 132 valence electrons. The Morgan fingerprint density at radius 1 is 0.714 bits per heavy atom. The lowest BCUT2D eigenvalue weighted by molar-refractivity contribution is 1.23. The molecule has 3 heteroatoms. The van der Waals surface area contributed by atoms with Crippen LogP contribution in [0.1, 0.15) is 0 Å². The van der Waals surface area contributed by atoms with E-state index in [9.17, 15) is 0 Å². The maximum atomic E-state index is 5.14. The first-order valence-corrected chi connectivity index (χ1v) is 10.1. The Kier molecular flexibility index (Phi) is 3.35. The fourth-order valence-corrected chi connectivity index (χ4v) is 4.52. The van der Waals surface area contributed by atoms with E-state index >= 15 is 0 Å². The Bertz CT molecular complexity index is 1520. The molecule has 0 unspecified atom stereocenters. The first kappa shape index (κ1) is 15.8. The Morgan fingerprint density at radius 2 is 1.50 bits per heavy atom. The lowest BCUT2D eigenvalue weighted by Crippen LogP contribution is -1.93. The Hall–Kier alpha value is -3.17. The number of hydrogen-bond donors (Lipinski definition) is 0. The summed E-state index contributed by atoms with van der Waals surface area (Å²) in [4.78, 5) is 5.14. The first-order valence-electron chi connectivity index (χ1n) is 9.27. The first-order chi connectivity index (χ1) is 13.8. The molecule has 0 spiro atoms. The molecule has 0 aliphatic heterocycles. The van der Waals surface area contributed by atoms with Crippen LogP contribution >= 0.6 is 15.9 Å². The minimum atomic E-state index is 1.02. The van der Waals surface area contributed by atoms with E-state index in [-0.39, 0.29) is 0 Å². The van der Waals surface area contributed by atoms with Crippen molar-refractivity contribution in [3.63, 3.8) is 0 Å². The van der Waals surface area contributed by atoms with Crippen molar-refractivity contribution in [1.29, 1.82) is 0 Å². The van der Waals surface area contributed by atoms with Crippen molar-refractivity contribution in [3.05, 3.63) is 95.6 Å². The predicted octanol–water partition coefficient (Wildman–Crippen LogP) is 7.22.